The molecule has 0 aliphatic carbocycles. The Bertz CT molecular complexity index is 631. The molecule has 21 heavy (non-hydrogen) atoms. The first-order valence-corrected chi connectivity index (χ1v) is 6.71. The Labute approximate surface area is 121 Å². The number of hydrogen-bond donors (Lipinski definition) is 1. The molecule has 0 unspecified atom stereocenters. The van der Waals surface area contributed by atoms with Crippen molar-refractivity contribution in [1.82, 2.24) is 15.2 Å². The van der Waals surface area contributed by atoms with Crippen molar-refractivity contribution in [2.45, 2.75) is 24.9 Å². The molecule has 1 spiro atoms. The topological polar surface area (TPSA) is 95.3 Å². The van der Waals surface area contributed by atoms with Gasteiger partial charge in [-0.1, -0.05) is 0 Å². The number of carbonyl (C=O) groups is 2. The van der Waals surface area contributed by atoms with E-state index in [0.717, 1.165) is 0 Å². The van der Waals surface area contributed by atoms with E-state index in [1.54, 1.807) is 12.1 Å². The van der Waals surface area contributed by atoms with Crippen LogP contribution in [0.5, 0.6) is 0 Å². The summed E-state index contributed by atoms with van der Waals surface area (Å²) in [6, 6.07) is 4.82. The van der Waals surface area contributed by atoms with Gasteiger partial charge < -0.3 is 10.1 Å². The lowest BCUT2D eigenvalue weighted by atomic mass is 9.90. The number of nitrogens with zero attached hydrogens (tertiary/aromatic N) is 3. The fourth-order valence-corrected chi connectivity index (χ4v) is 2.69. The molecule has 0 saturated carbocycles. The highest BCUT2D eigenvalue weighted by atomic mass is 16.5. The van der Waals surface area contributed by atoms with Crippen molar-refractivity contribution in [1.29, 1.82) is 5.26 Å². The first-order valence-electron chi connectivity index (χ1n) is 6.71. The second-order valence-corrected chi connectivity index (χ2v) is 5.18. The lowest BCUT2D eigenvalue weighted by Crippen LogP contribution is -2.51. The highest BCUT2D eigenvalue weighted by Gasteiger charge is 2.51. The Kier molecular flexibility index (Phi) is 3.31. The van der Waals surface area contributed by atoms with Crippen LogP contribution in [0.4, 0.5) is 4.79 Å². The highest BCUT2D eigenvalue weighted by Crippen LogP contribution is 2.29. The van der Waals surface area contributed by atoms with Crippen LogP contribution in [0.25, 0.3) is 0 Å². The molecule has 1 N–H and O–H groups in total. The van der Waals surface area contributed by atoms with Crippen molar-refractivity contribution >= 4 is 11.9 Å². The van der Waals surface area contributed by atoms with Gasteiger partial charge in [-0.15, -0.1) is 0 Å². The van der Waals surface area contributed by atoms with Crippen molar-refractivity contribution < 1.29 is 14.3 Å². The minimum atomic E-state index is -0.819. The number of hydrogen-bond acceptors (Lipinski definition) is 5. The summed E-state index contributed by atoms with van der Waals surface area (Å²) in [6.45, 7) is 1.08. The summed E-state index contributed by atoms with van der Waals surface area (Å²) >= 11 is 0. The van der Waals surface area contributed by atoms with Gasteiger partial charge >= 0.3 is 6.03 Å². The van der Waals surface area contributed by atoms with E-state index in [1.165, 1.54) is 11.1 Å². The first-order chi connectivity index (χ1) is 10.1. The van der Waals surface area contributed by atoms with E-state index in [1.807, 2.05) is 6.07 Å². The standard InChI is InChI=1S/C14H14N4O3/c15-8-11-7-10(1-4-16-11)9-18-12(19)14(17-13(18)20)2-5-21-6-3-14/h1,4,7H,2-3,5-6,9H2,(H,17,20). The Morgan fingerprint density at radius 3 is 2.90 bits per heavy atom. The molecule has 0 bridgehead atoms. The number of aromatic nitrogens is 1. The molecule has 2 saturated heterocycles. The molecule has 0 aromatic carbocycles. The van der Waals surface area contributed by atoms with Gasteiger partial charge in [0.2, 0.25) is 0 Å². The Balaban J connectivity index is 1.81. The highest BCUT2D eigenvalue weighted by molar-refractivity contribution is 6.07. The lowest BCUT2D eigenvalue weighted by Gasteiger charge is -2.30. The number of urea groups is 1. The Morgan fingerprint density at radius 2 is 2.19 bits per heavy atom. The molecule has 7 nitrogen and oxygen atoms in total. The molecule has 2 aliphatic rings. The van der Waals surface area contributed by atoms with E-state index in [0.29, 0.717) is 31.6 Å². The minimum absolute atomic E-state index is 0.143. The maximum atomic E-state index is 12.6. The number of ether oxygens (including phenoxy) is 1. The molecule has 2 aliphatic heterocycles. The van der Waals surface area contributed by atoms with Gasteiger partial charge in [-0.25, -0.2) is 9.78 Å². The second-order valence-electron chi connectivity index (χ2n) is 5.18. The average Bonchev–Trinajstić information content (AvgIpc) is 2.73. The predicted octanol–water partition coefficient (Wildman–Crippen LogP) is 0.554. The summed E-state index contributed by atoms with van der Waals surface area (Å²) in [7, 11) is 0. The van der Waals surface area contributed by atoms with E-state index in [4.69, 9.17) is 10.00 Å². The van der Waals surface area contributed by atoms with Crippen LogP contribution >= 0.6 is 0 Å². The van der Waals surface area contributed by atoms with Crippen LogP contribution in [0.1, 0.15) is 24.1 Å². The summed E-state index contributed by atoms with van der Waals surface area (Å²) in [5.74, 6) is -0.217. The molecular formula is C14H14N4O3. The maximum Gasteiger partial charge on any atom is 0.325 e. The van der Waals surface area contributed by atoms with Gasteiger partial charge in [-0.3, -0.25) is 9.69 Å². The zero-order chi connectivity index (χ0) is 14.9. The quantitative estimate of drug-likeness (QED) is 0.801. The number of amides is 3. The number of nitrogens with one attached hydrogen (secondary N) is 1. The van der Waals surface area contributed by atoms with Crippen LogP contribution in [0.3, 0.4) is 0 Å². The van der Waals surface area contributed by atoms with Gasteiger partial charge in [0.15, 0.2) is 0 Å². The van der Waals surface area contributed by atoms with Crippen molar-refractivity contribution in [2.24, 2.45) is 0 Å². The molecular weight excluding hydrogens is 272 g/mol. The Hall–Kier alpha value is -2.46. The fourth-order valence-electron chi connectivity index (χ4n) is 2.69. The maximum absolute atomic E-state index is 12.6. The first kappa shape index (κ1) is 13.5. The molecule has 7 heteroatoms. The SMILES string of the molecule is N#Cc1cc(CN2C(=O)NC3(CCOCC3)C2=O)ccn1. The largest absolute Gasteiger partial charge is 0.381 e. The lowest BCUT2D eigenvalue weighted by molar-refractivity contribution is -0.134. The van der Waals surface area contributed by atoms with Crippen LogP contribution in [0.2, 0.25) is 0 Å². The van der Waals surface area contributed by atoms with Crippen molar-refractivity contribution in [3.05, 3.63) is 29.6 Å². The fraction of sp³-hybridized carbons (Fsp3) is 0.429. The molecule has 0 radical (unpaired) electrons. The van der Waals surface area contributed by atoms with E-state index in [9.17, 15) is 9.59 Å². The molecule has 0 atom stereocenters. The summed E-state index contributed by atoms with van der Waals surface area (Å²) in [4.78, 5) is 29.7. The number of imide groups is 1. The molecule has 108 valence electrons. The van der Waals surface area contributed by atoms with Gasteiger partial charge in [-0.2, -0.15) is 5.26 Å². The third-order valence-corrected chi connectivity index (χ3v) is 3.87. The monoisotopic (exact) mass is 286 g/mol. The van der Waals surface area contributed by atoms with E-state index in [-0.39, 0.29) is 18.1 Å². The summed E-state index contributed by atoms with van der Waals surface area (Å²) in [5.41, 5.74) is 0.148. The van der Waals surface area contributed by atoms with Gasteiger partial charge in [0, 0.05) is 32.3 Å². The molecule has 3 rings (SSSR count). The third-order valence-electron chi connectivity index (χ3n) is 3.87. The minimum Gasteiger partial charge on any atom is -0.381 e. The van der Waals surface area contributed by atoms with Gasteiger partial charge in [-0.05, 0) is 17.7 Å². The van der Waals surface area contributed by atoms with Crippen LogP contribution in [-0.4, -0.2) is 40.6 Å². The number of nitriles is 1. The van der Waals surface area contributed by atoms with Crippen LogP contribution in [0, 0.1) is 11.3 Å². The molecule has 1 aromatic rings. The number of pyridine rings is 1. The molecule has 2 fully saturated rings. The normalized spacial score (nSPS) is 20.4. The van der Waals surface area contributed by atoms with E-state index >= 15 is 0 Å². The Morgan fingerprint density at radius 1 is 1.43 bits per heavy atom. The van der Waals surface area contributed by atoms with Gasteiger partial charge in [0.1, 0.15) is 17.3 Å². The zero-order valence-electron chi connectivity index (χ0n) is 11.3. The van der Waals surface area contributed by atoms with Crippen LogP contribution in [0.15, 0.2) is 18.3 Å². The number of rotatable bonds is 2. The summed E-state index contributed by atoms with van der Waals surface area (Å²) < 4.78 is 5.26. The van der Waals surface area contributed by atoms with Gasteiger partial charge in [0.05, 0.1) is 6.54 Å². The average molecular weight is 286 g/mol. The van der Waals surface area contributed by atoms with Crippen LogP contribution in [-0.2, 0) is 16.1 Å². The second kappa shape index (κ2) is 5.14. The van der Waals surface area contributed by atoms with Crippen LogP contribution < -0.4 is 5.32 Å². The molecule has 3 amide bonds. The zero-order valence-corrected chi connectivity index (χ0v) is 11.3. The van der Waals surface area contributed by atoms with Gasteiger partial charge in [0.25, 0.3) is 5.91 Å². The summed E-state index contributed by atoms with van der Waals surface area (Å²) in [5, 5.41) is 11.6. The molecule has 3 heterocycles. The third kappa shape index (κ3) is 2.34. The van der Waals surface area contributed by atoms with E-state index < -0.39 is 11.6 Å². The van der Waals surface area contributed by atoms with Crippen molar-refractivity contribution in [3.8, 4) is 6.07 Å². The van der Waals surface area contributed by atoms with E-state index in [2.05, 4.69) is 10.3 Å². The van der Waals surface area contributed by atoms with Crippen molar-refractivity contribution in [3.63, 3.8) is 0 Å². The predicted molar refractivity (Wildman–Crippen MR) is 70.8 cm³/mol. The number of carbonyl (C=O) groups excluding carboxylic acids is 2. The molecule has 1 aromatic heterocycles. The summed E-state index contributed by atoms with van der Waals surface area (Å²) in [6.07, 6.45) is 2.48. The van der Waals surface area contributed by atoms with Crippen molar-refractivity contribution in [2.75, 3.05) is 13.2 Å². The smallest absolute Gasteiger partial charge is 0.325 e.